The summed E-state index contributed by atoms with van der Waals surface area (Å²) in [6.45, 7) is 0. The monoisotopic (exact) mass is 261 g/mol. The van der Waals surface area contributed by atoms with E-state index in [0.29, 0.717) is 29.8 Å². The molecule has 6 heteroatoms. The number of nitrogens with zero attached hydrogens (tertiary/aromatic N) is 3. The molecule has 2 rings (SSSR count). The zero-order valence-corrected chi connectivity index (χ0v) is 10.5. The van der Waals surface area contributed by atoms with Crippen LogP contribution in [-0.4, -0.2) is 32.0 Å². The third-order valence-corrected chi connectivity index (χ3v) is 2.90. The van der Waals surface area contributed by atoms with Crippen LogP contribution in [0.5, 0.6) is 0 Å². The van der Waals surface area contributed by atoms with Crippen molar-refractivity contribution < 1.29 is 14.7 Å². The van der Waals surface area contributed by atoms with Crippen molar-refractivity contribution in [3.8, 4) is 0 Å². The number of unbranched alkanes of at least 4 members (excludes halogenated alkanes) is 3. The van der Waals surface area contributed by atoms with Gasteiger partial charge in [0.25, 0.3) is 0 Å². The van der Waals surface area contributed by atoms with Crippen molar-refractivity contribution in [1.82, 2.24) is 14.5 Å². The second-order valence-corrected chi connectivity index (χ2v) is 4.26. The summed E-state index contributed by atoms with van der Waals surface area (Å²) in [6, 6.07) is 3.48. The van der Waals surface area contributed by atoms with Crippen molar-refractivity contribution in [2.45, 2.75) is 32.1 Å². The van der Waals surface area contributed by atoms with E-state index in [0.717, 1.165) is 30.1 Å². The molecule has 0 aromatic carbocycles. The van der Waals surface area contributed by atoms with Gasteiger partial charge in [0.05, 0.1) is 0 Å². The zero-order chi connectivity index (χ0) is 13.7. The molecule has 1 N–H and O–H groups in total. The summed E-state index contributed by atoms with van der Waals surface area (Å²) in [7, 11) is 0. The number of hydrogen-bond donors (Lipinski definition) is 1. The van der Waals surface area contributed by atoms with E-state index >= 15 is 0 Å². The van der Waals surface area contributed by atoms with Gasteiger partial charge in [-0.25, -0.2) is 19.3 Å². The Labute approximate surface area is 110 Å². The standard InChI is InChI=1S/C13H15N3O3/c17-9-4-2-1-3-7-11-15-10-6-5-8-14-12(10)16(11)13(18)19/h5-6,8-9H,1-4,7H2,(H,18,19). The maximum atomic E-state index is 11.3. The first-order valence-corrected chi connectivity index (χ1v) is 6.23. The van der Waals surface area contributed by atoms with Crippen LogP contribution in [0.25, 0.3) is 11.2 Å². The molecule has 0 atom stereocenters. The van der Waals surface area contributed by atoms with Crippen molar-refractivity contribution in [1.29, 1.82) is 0 Å². The predicted molar refractivity (Wildman–Crippen MR) is 69.2 cm³/mol. The summed E-state index contributed by atoms with van der Waals surface area (Å²) >= 11 is 0. The quantitative estimate of drug-likeness (QED) is 0.636. The second kappa shape index (κ2) is 6.08. The minimum atomic E-state index is -1.07. The Bertz CT molecular complexity index is 592. The molecular formula is C13H15N3O3. The molecule has 2 heterocycles. The molecule has 0 aliphatic heterocycles. The third kappa shape index (κ3) is 2.96. The van der Waals surface area contributed by atoms with Crippen LogP contribution in [0.15, 0.2) is 18.3 Å². The van der Waals surface area contributed by atoms with E-state index in [-0.39, 0.29) is 0 Å². The maximum Gasteiger partial charge on any atom is 0.418 e. The van der Waals surface area contributed by atoms with Crippen molar-refractivity contribution in [3.63, 3.8) is 0 Å². The highest BCUT2D eigenvalue weighted by atomic mass is 16.4. The topological polar surface area (TPSA) is 85.1 Å². The number of carboxylic acid groups (broad SMARTS) is 1. The minimum Gasteiger partial charge on any atom is -0.464 e. The first-order chi connectivity index (χ1) is 9.24. The number of aryl methyl sites for hydroxylation is 1. The van der Waals surface area contributed by atoms with Gasteiger partial charge in [-0.1, -0.05) is 6.42 Å². The van der Waals surface area contributed by atoms with Gasteiger partial charge < -0.3 is 9.90 Å². The van der Waals surface area contributed by atoms with E-state index in [4.69, 9.17) is 0 Å². The number of aldehydes is 1. The molecular weight excluding hydrogens is 246 g/mol. The highest BCUT2D eigenvalue weighted by molar-refractivity contribution is 5.83. The molecule has 0 bridgehead atoms. The lowest BCUT2D eigenvalue weighted by molar-refractivity contribution is -0.107. The molecule has 100 valence electrons. The number of rotatable bonds is 6. The molecule has 0 fully saturated rings. The molecule has 0 unspecified atom stereocenters. The zero-order valence-electron chi connectivity index (χ0n) is 10.5. The number of carbonyl (C=O) groups excluding carboxylic acids is 1. The van der Waals surface area contributed by atoms with Crippen LogP contribution < -0.4 is 0 Å². The predicted octanol–water partition coefficient (Wildman–Crippen LogP) is 2.26. The van der Waals surface area contributed by atoms with E-state index < -0.39 is 6.09 Å². The molecule has 0 amide bonds. The Kier molecular flexibility index (Phi) is 4.22. The van der Waals surface area contributed by atoms with E-state index in [2.05, 4.69) is 9.97 Å². The van der Waals surface area contributed by atoms with Crippen LogP contribution >= 0.6 is 0 Å². The van der Waals surface area contributed by atoms with E-state index in [9.17, 15) is 14.7 Å². The number of carbonyl (C=O) groups is 2. The Morgan fingerprint density at radius 2 is 2.21 bits per heavy atom. The van der Waals surface area contributed by atoms with E-state index in [1.807, 2.05) is 0 Å². The molecule has 6 nitrogen and oxygen atoms in total. The van der Waals surface area contributed by atoms with Crippen LogP contribution in [0.2, 0.25) is 0 Å². The summed E-state index contributed by atoms with van der Waals surface area (Å²) in [4.78, 5) is 29.8. The lowest BCUT2D eigenvalue weighted by Gasteiger charge is -2.02. The van der Waals surface area contributed by atoms with E-state index in [1.165, 1.54) is 0 Å². The van der Waals surface area contributed by atoms with Gasteiger partial charge in [-0.2, -0.15) is 0 Å². The van der Waals surface area contributed by atoms with E-state index in [1.54, 1.807) is 18.3 Å². The molecule has 2 aromatic heterocycles. The number of aromatic nitrogens is 3. The second-order valence-electron chi connectivity index (χ2n) is 4.26. The fourth-order valence-corrected chi connectivity index (χ4v) is 2.02. The molecule has 0 saturated carbocycles. The molecule has 0 aliphatic rings. The van der Waals surface area contributed by atoms with Crippen molar-refractivity contribution >= 4 is 23.5 Å². The van der Waals surface area contributed by atoms with Gasteiger partial charge >= 0.3 is 6.09 Å². The fraction of sp³-hybridized carbons (Fsp3) is 0.385. The molecule has 2 aromatic rings. The summed E-state index contributed by atoms with van der Waals surface area (Å²) in [5, 5.41) is 9.23. The number of fused-ring (bicyclic) bond motifs is 1. The van der Waals surface area contributed by atoms with Crippen LogP contribution in [-0.2, 0) is 11.2 Å². The summed E-state index contributed by atoms with van der Waals surface area (Å²) in [5.74, 6) is 0.507. The summed E-state index contributed by atoms with van der Waals surface area (Å²) < 4.78 is 1.13. The minimum absolute atomic E-state index is 0.373. The van der Waals surface area contributed by atoms with Gasteiger partial charge in [-0.05, 0) is 25.0 Å². The Morgan fingerprint density at radius 1 is 1.37 bits per heavy atom. The third-order valence-electron chi connectivity index (χ3n) is 2.90. The molecule has 0 saturated heterocycles. The van der Waals surface area contributed by atoms with Crippen LogP contribution in [0, 0.1) is 0 Å². The average Bonchev–Trinajstić information content (AvgIpc) is 2.76. The first kappa shape index (κ1) is 13.2. The van der Waals surface area contributed by atoms with Gasteiger partial charge in [-0.3, -0.25) is 0 Å². The van der Waals surface area contributed by atoms with Gasteiger partial charge in [0.15, 0.2) is 5.65 Å². The largest absolute Gasteiger partial charge is 0.464 e. The first-order valence-electron chi connectivity index (χ1n) is 6.23. The summed E-state index contributed by atoms with van der Waals surface area (Å²) in [6.07, 6.45) is 5.03. The fourth-order valence-electron chi connectivity index (χ4n) is 2.02. The van der Waals surface area contributed by atoms with Crippen molar-refractivity contribution in [2.75, 3.05) is 0 Å². The number of hydrogen-bond acceptors (Lipinski definition) is 4. The molecule has 19 heavy (non-hydrogen) atoms. The average molecular weight is 261 g/mol. The highest BCUT2D eigenvalue weighted by Crippen LogP contribution is 2.15. The number of pyridine rings is 1. The Balaban J connectivity index is 2.15. The van der Waals surface area contributed by atoms with Gasteiger partial charge in [0.2, 0.25) is 0 Å². The Hall–Kier alpha value is -2.24. The van der Waals surface area contributed by atoms with Crippen LogP contribution in [0.1, 0.15) is 31.5 Å². The highest BCUT2D eigenvalue weighted by Gasteiger charge is 2.15. The SMILES string of the molecule is O=CCCCCCc1nc2cccnc2n1C(=O)O. The van der Waals surface area contributed by atoms with Gasteiger partial charge in [-0.15, -0.1) is 0 Å². The molecule has 0 aliphatic carbocycles. The summed E-state index contributed by atoms with van der Waals surface area (Å²) in [5.41, 5.74) is 0.964. The van der Waals surface area contributed by atoms with Gasteiger partial charge in [0, 0.05) is 19.0 Å². The van der Waals surface area contributed by atoms with Crippen molar-refractivity contribution in [3.05, 3.63) is 24.2 Å². The lowest BCUT2D eigenvalue weighted by atomic mass is 10.1. The van der Waals surface area contributed by atoms with Crippen LogP contribution in [0.3, 0.4) is 0 Å². The molecule has 0 radical (unpaired) electrons. The lowest BCUT2D eigenvalue weighted by Crippen LogP contribution is -2.12. The smallest absolute Gasteiger partial charge is 0.418 e. The number of imidazole rings is 1. The van der Waals surface area contributed by atoms with Crippen LogP contribution in [0.4, 0.5) is 4.79 Å². The van der Waals surface area contributed by atoms with Gasteiger partial charge in [0.1, 0.15) is 17.6 Å². The maximum absolute atomic E-state index is 11.3. The Morgan fingerprint density at radius 3 is 2.95 bits per heavy atom. The molecule has 0 spiro atoms. The normalized spacial score (nSPS) is 10.7. The van der Waals surface area contributed by atoms with Crippen molar-refractivity contribution in [2.24, 2.45) is 0 Å².